The summed E-state index contributed by atoms with van der Waals surface area (Å²) in [4.78, 5) is 24.4. The fraction of sp³-hybridized carbons (Fsp3) is 0.385. The van der Waals surface area contributed by atoms with Crippen molar-refractivity contribution in [1.29, 1.82) is 0 Å². The number of ether oxygens (including phenoxy) is 1. The molecule has 0 atom stereocenters. The number of hydrogen-bond donors (Lipinski definition) is 1. The van der Waals surface area contributed by atoms with E-state index in [-0.39, 0.29) is 12.3 Å². The summed E-state index contributed by atoms with van der Waals surface area (Å²) in [6, 6.07) is 5.72. The summed E-state index contributed by atoms with van der Waals surface area (Å²) in [5.74, 6) is -0.234. The minimum absolute atomic E-state index is 0.234. The Morgan fingerprint density at radius 3 is 2.94 bits per heavy atom. The molecule has 5 nitrogen and oxygen atoms in total. The fourth-order valence-electron chi connectivity index (χ4n) is 2.09. The lowest BCUT2D eigenvalue weighted by Gasteiger charge is -2.13. The summed E-state index contributed by atoms with van der Waals surface area (Å²) >= 11 is 0. The summed E-state index contributed by atoms with van der Waals surface area (Å²) in [6.45, 7) is 0.882. The number of likely N-dealkylation sites (N-methyl/N-ethyl adjacent to an activating group) is 1. The highest BCUT2D eigenvalue weighted by molar-refractivity contribution is 6.17. The molecule has 0 radical (unpaired) electrons. The number of benzene rings is 1. The standard InChI is InChI=1S/C13H16N2O3/c1-14-6-5-9-3-4-11-10(7-9)8-12(16)15(11)13(17)18-2/h3-4,7,14H,5-6,8H2,1-2H3. The molecule has 18 heavy (non-hydrogen) atoms. The molecule has 5 heteroatoms. The van der Waals surface area contributed by atoms with Crippen molar-refractivity contribution in [3.8, 4) is 0 Å². The van der Waals surface area contributed by atoms with Gasteiger partial charge in [-0.1, -0.05) is 12.1 Å². The first-order chi connectivity index (χ1) is 8.67. The molecule has 96 valence electrons. The Labute approximate surface area is 106 Å². The molecule has 1 aromatic rings. The van der Waals surface area contributed by atoms with Crippen molar-refractivity contribution >= 4 is 17.7 Å². The molecule has 0 fully saturated rings. The van der Waals surface area contributed by atoms with Crippen LogP contribution in [0.4, 0.5) is 10.5 Å². The van der Waals surface area contributed by atoms with E-state index in [1.807, 2.05) is 25.2 Å². The fourth-order valence-corrected chi connectivity index (χ4v) is 2.09. The van der Waals surface area contributed by atoms with Crippen LogP contribution >= 0.6 is 0 Å². The van der Waals surface area contributed by atoms with Crippen molar-refractivity contribution < 1.29 is 14.3 Å². The summed E-state index contributed by atoms with van der Waals surface area (Å²) in [7, 11) is 3.17. The van der Waals surface area contributed by atoms with Crippen LogP contribution < -0.4 is 10.2 Å². The highest BCUT2D eigenvalue weighted by atomic mass is 16.5. The Bertz CT molecular complexity index is 485. The Balaban J connectivity index is 2.26. The number of carbonyl (C=O) groups excluding carboxylic acids is 2. The number of hydrogen-bond acceptors (Lipinski definition) is 4. The van der Waals surface area contributed by atoms with E-state index < -0.39 is 6.09 Å². The van der Waals surface area contributed by atoms with Crippen molar-refractivity contribution in [3.05, 3.63) is 29.3 Å². The Kier molecular flexibility index (Phi) is 3.62. The maximum absolute atomic E-state index is 11.8. The molecule has 2 amide bonds. The van der Waals surface area contributed by atoms with E-state index >= 15 is 0 Å². The minimum Gasteiger partial charge on any atom is -0.452 e. The number of nitrogens with zero attached hydrogens (tertiary/aromatic N) is 1. The second-order valence-corrected chi connectivity index (χ2v) is 4.19. The SMILES string of the molecule is CNCCc1ccc2c(c1)CC(=O)N2C(=O)OC. The molecule has 0 saturated heterocycles. The number of nitrogens with one attached hydrogen (secondary N) is 1. The lowest BCUT2D eigenvalue weighted by Crippen LogP contribution is -2.33. The lowest BCUT2D eigenvalue weighted by molar-refractivity contribution is -0.116. The molecule has 1 aromatic carbocycles. The first-order valence-electron chi connectivity index (χ1n) is 5.84. The van der Waals surface area contributed by atoms with Gasteiger partial charge in [0.05, 0.1) is 19.2 Å². The molecule has 2 rings (SSSR count). The van der Waals surface area contributed by atoms with Crippen LogP contribution in [-0.4, -0.2) is 32.7 Å². The largest absolute Gasteiger partial charge is 0.452 e. The van der Waals surface area contributed by atoms with E-state index in [1.54, 1.807) is 0 Å². The zero-order chi connectivity index (χ0) is 13.1. The van der Waals surface area contributed by atoms with Crippen LogP contribution in [0.3, 0.4) is 0 Å². The zero-order valence-corrected chi connectivity index (χ0v) is 10.5. The molecular weight excluding hydrogens is 232 g/mol. The number of carbonyl (C=O) groups is 2. The predicted molar refractivity (Wildman–Crippen MR) is 67.7 cm³/mol. The van der Waals surface area contributed by atoms with Crippen LogP contribution in [0.2, 0.25) is 0 Å². The number of amides is 2. The maximum Gasteiger partial charge on any atom is 0.420 e. The van der Waals surface area contributed by atoms with E-state index in [9.17, 15) is 9.59 Å². The first kappa shape index (κ1) is 12.6. The molecule has 1 aliphatic heterocycles. The second kappa shape index (κ2) is 5.18. The summed E-state index contributed by atoms with van der Waals surface area (Å²) in [6.07, 6.45) is 0.537. The molecular formula is C13H16N2O3. The molecule has 1 aliphatic rings. The number of rotatable bonds is 3. The predicted octanol–water partition coefficient (Wildman–Crippen LogP) is 1.10. The number of methoxy groups -OCH3 is 1. The quantitative estimate of drug-likeness (QED) is 0.870. The highest BCUT2D eigenvalue weighted by Gasteiger charge is 2.33. The first-order valence-corrected chi connectivity index (χ1v) is 5.84. The summed E-state index contributed by atoms with van der Waals surface area (Å²) in [5.41, 5.74) is 2.68. The molecule has 0 saturated carbocycles. The van der Waals surface area contributed by atoms with Gasteiger partial charge >= 0.3 is 6.09 Å². The topological polar surface area (TPSA) is 58.6 Å². The van der Waals surface area contributed by atoms with Gasteiger partial charge in [0.1, 0.15) is 0 Å². The van der Waals surface area contributed by atoms with Crippen molar-refractivity contribution in [3.63, 3.8) is 0 Å². The zero-order valence-electron chi connectivity index (χ0n) is 10.5. The minimum atomic E-state index is -0.623. The summed E-state index contributed by atoms with van der Waals surface area (Å²) in [5, 5.41) is 3.08. The molecule has 1 N–H and O–H groups in total. The van der Waals surface area contributed by atoms with E-state index in [2.05, 4.69) is 10.1 Å². The molecule has 0 spiro atoms. The van der Waals surface area contributed by atoms with E-state index in [0.717, 1.165) is 29.0 Å². The third-order valence-electron chi connectivity index (χ3n) is 3.00. The van der Waals surface area contributed by atoms with Gasteiger partial charge in [-0.3, -0.25) is 4.79 Å². The van der Waals surface area contributed by atoms with Crippen molar-refractivity contribution in [2.75, 3.05) is 25.6 Å². The van der Waals surface area contributed by atoms with Crippen molar-refractivity contribution in [2.45, 2.75) is 12.8 Å². The average Bonchev–Trinajstić information content (AvgIpc) is 2.70. The number of fused-ring (bicyclic) bond motifs is 1. The van der Waals surface area contributed by atoms with Gasteiger partial charge in [-0.15, -0.1) is 0 Å². The third-order valence-corrected chi connectivity index (χ3v) is 3.00. The monoisotopic (exact) mass is 248 g/mol. The van der Waals surface area contributed by atoms with Crippen LogP contribution in [0.5, 0.6) is 0 Å². The van der Waals surface area contributed by atoms with Crippen molar-refractivity contribution in [2.24, 2.45) is 0 Å². The van der Waals surface area contributed by atoms with Crippen molar-refractivity contribution in [1.82, 2.24) is 5.32 Å². The van der Waals surface area contributed by atoms with E-state index in [0.29, 0.717) is 5.69 Å². The van der Waals surface area contributed by atoms with Gasteiger partial charge in [0.15, 0.2) is 0 Å². The van der Waals surface area contributed by atoms with Gasteiger partial charge in [-0.2, -0.15) is 0 Å². The van der Waals surface area contributed by atoms with Crippen LogP contribution in [0.1, 0.15) is 11.1 Å². The Morgan fingerprint density at radius 1 is 1.50 bits per heavy atom. The molecule has 0 unspecified atom stereocenters. The molecule has 0 aromatic heterocycles. The third kappa shape index (κ3) is 2.22. The van der Waals surface area contributed by atoms with Crippen LogP contribution in [0.15, 0.2) is 18.2 Å². The van der Waals surface area contributed by atoms with Gasteiger partial charge in [-0.05, 0) is 37.2 Å². The average molecular weight is 248 g/mol. The molecule has 1 heterocycles. The van der Waals surface area contributed by atoms with Gasteiger partial charge in [0.2, 0.25) is 5.91 Å². The van der Waals surface area contributed by atoms with Crippen LogP contribution in [0.25, 0.3) is 0 Å². The van der Waals surface area contributed by atoms with Gasteiger partial charge in [-0.25, -0.2) is 9.69 Å². The van der Waals surface area contributed by atoms with E-state index in [1.165, 1.54) is 7.11 Å². The smallest absolute Gasteiger partial charge is 0.420 e. The second-order valence-electron chi connectivity index (χ2n) is 4.19. The van der Waals surface area contributed by atoms with Crippen LogP contribution in [0, 0.1) is 0 Å². The van der Waals surface area contributed by atoms with Gasteiger partial charge in [0.25, 0.3) is 0 Å². The van der Waals surface area contributed by atoms with Gasteiger partial charge in [0, 0.05) is 0 Å². The maximum atomic E-state index is 11.8. The normalized spacial score (nSPS) is 13.7. The Morgan fingerprint density at radius 2 is 2.28 bits per heavy atom. The van der Waals surface area contributed by atoms with Crippen LogP contribution in [-0.2, 0) is 22.4 Å². The van der Waals surface area contributed by atoms with E-state index in [4.69, 9.17) is 0 Å². The lowest BCUT2D eigenvalue weighted by atomic mass is 10.1. The molecule has 0 aliphatic carbocycles. The summed E-state index contributed by atoms with van der Waals surface area (Å²) < 4.78 is 4.61. The van der Waals surface area contributed by atoms with Gasteiger partial charge < -0.3 is 10.1 Å². The number of anilines is 1. The Hall–Kier alpha value is -1.88. The number of imide groups is 1. The molecule has 0 bridgehead atoms. The highest BCUT2D eigenvalue weighted by Crippen LogP contribution is 2.30.